The number of aromatic nitrogens is 2. The lowest BCUT2D eigenvalue weighted by Crippen LogP contribution is -1.98. The summed E-state index contributed by atoms with van der Waals surface area (Å²) in [5.74, 6) is 2.05. The molecule has 0 amide bonds. The molecule has 25 heavy (non-hydrogen) atoms. The minimum atomic E-state index is -0.0975. The zero-order valence-corrected chi connectivity index (χ0v) is 14.5. The number of para-hydroxylation sites is 1. The van der Waals surface area contributed by atoms with Crippen LogP contribution in [0.2, 0.25) is 0 Å². The van der Waals surface area contributed by atoms with E-state index in [1.54, 1.807) is 17.0 Å². The molecule has 0 N–H and O–H groups in total. The number of ketones is 1. The molecule has 0 atom stereocenters. The van der Waals surface area contributed by atoms with Crippen LogP contribution >= 0.6 is 0 Å². The molecule has 0 bridgehead atoms. The molecule has 5 heteroatoms. The van der Waals surface area contributed by atoms with Crippen LogP contribution in [-0.2, 0) is 13.7 Å². The molecule has 2 heterocycles. The smallest absolute Gasteiger partial charge is 0.189 e. The molecule has 0 radical (unpaired) electrons. The molecule has 0 aliphatic rings. The quantitative estimate of drug-likeness (QED) is 0.502. The first-order valence-electron chi connectivity index (χ1n) is 8.03. The highest BCUT2D eigenvalue weighted by Gasteiger charge is 2.10. The van der Waals surface area contributed by atoms with Gasteiger partial charge in [-0.2, -0.15) is 5.10 Å². The Hall–Kier alpha value is -3.08. The van der Waals surface area contributed by atoms with Crippen molar-refractivity contribution in [3.8, 4) is 5.75 Å². The van der Waals surface area contributed by atoms with Gasteiger partial charge in [0.05, 0.1) is 11.8 Å². The van der Waals surface area contributed by atoms with Gasteiger partial charge in [0.1, 0.15) is 23.9 Å². The van der Waals surface area contributed by atoms with Crippen molar-refractivity contribution in [2.24, 2.45) is 7.05 Å². The van der Waals surface area contributed by atoms with E-state index in [-0.39, 0.29) is 5.78 Å². The summed E-state index contributed by atoms with van der Waals surface area (Å²) in [5.41, 5.74) is 2.50. The highest BCUT2D eigenvalue weighted by molar-refractivity contribution is 6.07. The van der Waals surface area contributed by atoms with Gasteiger partial charge in [0, 0.05) is 12.7 Å². The zero-order chi connectivity index (χ0) is 17.8. The number of nitrogens with zero attached hydrogens (tertiary/aromatic N) is 2. The Morgan fingerprint density at radius 3 is 2.76 bits per heavy atom. The van der Waals surface area contributed by atoms with Gasteiger partial charge >= 0.3 is 0 Å². The van der Waals surface area contributed by atoms with Crippen LogP contribution in [0, 0.1) is 13.8 Å². The van der Waals surface area contributed by atoms with Crippen molar-refractivity contribution in [3.05, 3.63) is 77.0 Å². The van der Waals surface area contributed by atoms with E-state index in [0.717, 1.165) is 17.0 Å². The molecule has 0 saturated heterocycles. The summed E-state index contributed by atoms with van der Waals surface area (Å²) in [6, 6.07) is 11.5. The van der Waals surface area contributed by atoms with Gasteiger partial charge in [0.2, 0.25) is 0 Å². The second-order valence-corrected chi connectivity index (χ2v) is 5.82. The number of aryl methyl sites for hydroxylation is 2. The minimum Gasteiger partial charge on any atom is -0.485 e. The molecule has 5 nitrogen and oxygen atoms in total. The maximum Gasteiger partial charge on any atom is 0.189 e. The topological polar surface area (TPSA) is 57.3 Å². The highest BCUT2D eigenvalue weighted by atomic mass is 16.5. The van der Waals surface area contributed by atoms with Crippen LogP contribution in [0.5, 0.6) is 5.75 Å². The van der Waals surface area contributed by atoms with Crippen LogP contribution in [0.3, 0.4) is 0 Å². The van der Waals surface area contributed by atoms with E-state index in [0.29, 0.717) is 23.7 Å². The number of rotatable bonds is 6. The fourth-order valence-corrected chi connectivity index (χ4v) is 2.42. The maximum atomic E-state index is 12.2. The number of ether oxygens (including phenoxy) is 1. The van der Waals surface area contributed by atoms with Crippen molar-refractivity contribution in [3.63, 3.8) is 0 Å². The standard InChI is InChI=1S/C20H20N2O3/c1-14-6-4-5-7-20(14)24-13-17-9-8-16(25-17)10-11-19(23)18-12-21-22(3)15(18)2/h4-12H,13H2,1-3H3/b11-10+. The molecular weight excluding hydrogens is 316 g/mol. The van der Waals surface area contributed by atoms with Crippen LogP contribution < -0.4 is 4.74 Å². The second-order valence-electron chi connectivity index (χ2n) is 5.82. The third-order valence-electron chi connectivity index (χ3n) is 4.05. The molecular formula is C20H20N2O3. The first-order chi connectivity index (χ1) is 12.0. The van der Waals surface area contributed by atoms with Crippen LogP contribution in [0.15, 0.2) is 53.1 Å². The lowest BCUT2D eigenvalue weighted by atomic mass is 10.1. The Bertz CT molecular complexity index is 919. The molecule has 3 aromatic rings. The van der Waals surface area contributed by atoms with E-state index in [9.17, 15) is 4.79 Å². The normalized spacial score (nSPS) is 11.2. The van der Waals surface area contributed by atoms with Crippen molar-refractivity contribution in [2.75, 3.05) is 0 Å². The summed E-state index contributed by atoms with van der Waals surface area (Å²) in [6.07, 6.45) is 4.73. The number of furan rings is 1. The third-order valence-corrected chi connectivity index (χ3v) is 4.05. The fourth-order valence-electron chi connectivity index (χ4n) is 2.42. The van der Waals surface area contributed by atoms with E-state index in [1.807, 2.05) is 57.3 Å². The largest absolute Gasteiger partial charge is 0.485 e. The van der Waals surface area contributed by atoms with Gasteiger partial charge in [0.15, 0.2) is 5.78 Å². The molecule has 0 fully saturated rings. The third kappa shape index (κ3) is 3.88. The van der Waals surface area contributed by atoms with Gasteiger partial charge in [-0.25, -0.2) is 0 Å². The summed E-state index contributed by atoms with van der Waals surface area (Å²) in [4.78, 5) is 12.2. The van der Waals surface area contributed by atoms with Gasteiger partial charge in [-0.15, -0.1) is 0 Å². The van der Waals surface area contributed by atoms with Crippen molar-refractivity contribution in [1.82, 2.24) is 9.78 Å². The molecule has 0 aliphatic carbocycles. The van der Waals surface area contributed by atoms with E-state index in [4.69, 9.17) is 9.15 Å². The fraction of sp³-hybridized carbons (Fsp3) is 0.200. The average Bonchev–Trinajstić information content (AvgIpc) is 3.19. The predicted octanol–water partition coefficient (Wildman–Crippen LogP) is 4.11. The number of carbonyl (C=O) groups is 1. The molecule has 0 saturated carbocycles. The SMILES string of the molecule is Cc1ccccc1OCc1ccc(/C=C/C(=O)c2cnn(C)c2C)o1. The van der Waals surface area contributed by atoms with Crippen LogP contribution in [0.4, 0.5) is 0 Å². The number of hydrogen-bond acceptors (Lipinski definition) is 4. The van der Waals surface area contributed by atoms with Crippen molar-refractivity contribution in [1.29, 1.82) is 0 Å². The van der Waals surface area contributed by atoms with E-state index in [1.165, 1.54) is 6.08 Å². The molecule has 1 aromatic carbocycles. The first-order valence-corrected chi connectivity index (χ1v) is 8.03. The van der Waals surface area contributed by atoms with Gasteiger partial charge in [0.25, 0.3) is 0 Å². The second kappa shape index (κ2) is 7.21. The summed E-state index contributed by atoms with van der Waals surface area (Å²) in [5, 5.41) is 4.08. The Labute approximate surface area is 146 Å². The Morgan fingerprint density at radius 2 is 2.04 bits per heavy atom. The lowest BCUT2D eigenvalue weighted by molar-refractivity contribution is 0.104. The Morgan fingerprint density at radius 1 is 1.24 bits per heavy atom. The summed E-state index contributed by atoms with van der Waals surface area (Å²) >= 11 is 0. The average molecular weight is 336 g/mol. The number of allylic oxidation sites excluding steroid dienone is 1. The van der Waals surface area contributed by atoms with Gasteiger partial charge < -0.3 is 9.15 Å². The highest BCUT2D eigenvalue weighted by Crippen LogP contribution is 2.19. The van der Waals surface area contributed by atoms with E-state index >= 15 is 0 Å². The first kappa shape index (κ1) is 16.8. The molecule has 128 valence electrons. The zero-order valence-electron chi connectivity index (χ0n) is 14.5. The van der Waals surface area contributed by atoms with Crippen LogP contribution in [0.25, 0.3) is 6.08 Å². The van der Waals surface area contributed by atoms with Crippen molar-refractivity contribution >= 4 is 11.9 Å². The number of carbonyl (C=O) groups excluding carboxylic acids is 1. The van der Waals surface area contributed by atoms with Crippen molar-refractivity contribution in [2.45, 2.75) is 20.5 Å². The number of hydrogen-bond donors (Lipinski definition) is 0. The predicted molar refractivity (Wildman–Crippen MR) is 95.5 cm³/mol. The van der Waals surface area contributed by atoms with Crippen molar-refractivity contribution < 1.29 is 13.9 Å². The maximum absolute atomic E-state index is 12.2. The minimum absolute atomic E-state index is 0.0975. The van der Waals surface area contributed by atoms with Gasteiger partial charge in [-0.1, -0.05) is 18.2 Å². The Balaban J connectivity index is 1.62. The van der Waals surface area contributed by atoms with Crippen LogP contribution in [0.1, 0.15) is 33.1 Å². The van der Waals surface area contributed by atoms with Crippen LogP contribution in [-0.4, -0.2) is 15.6 Å². The number of benzene rings is 1. The van der Waals surface area contributed by atoms with Gasteiger partial charge in [-0.05, 0) is 49.8 Å². The summed E-state index contributed by atoms with van der Waals surface area (Å²) in [7, 11) is 1.81. The molecule has 0 unspecified atom stereocenters. The van der Waals surface area contributed by atoms with E-state index in [2.05, 4.69) is 5.10 Å². The molecule has 0 spiro atoms. The summed E-state index contributed by atoms with van der Waals surface area (Å²) in [6.45, 7) is 4.20. The van der Waals surface area contributed by atoms with E-state index < -0.39 is 0 Å². The Kier molecular flexibility index (Phi) is 4.84. The molecule has 3 rings (SSSR count). The molecule has 2 aromatic heterocycles. The molecule has 0 aliphatic heterocycles. The lowest BCUT2D eigenvalue weighted by Gasteiger charge is -2.06. The van der Waals surface area contributed by atoms with Gasteiger partial charge in [-0.3, -0.25) is 9.48 Å². The summed E-state index contributed by atoms with van der Waals surface area (Å²) < 4.78 is 13.1. The monoisotopic (exact) mass is 336 g/mol.